The van der Waals surface area contributed by atoms with Crippen molar-refractivity contribution in [3.63, 3.8) is 0 Å². The highest BCUT2D eigenvalue weighted by atomic mass is 35.5. The van der Waals surface area contributed by atoms with E-state index in [2.05, 4.69) is 35.8 Å². The number of aryl methyl sites for hydroxylation is 2. The Labute approximate surface area is 164 Å². The van der Waals surface area contributed by atoms with Crippen LogP contribution in [0.4, 0.5) is 0 Å². The fraction of sp³-hybridized carbons (Fsp3) is 0.174. The molecule has 1 aromatic heterocycles. The number of ether oxygens (including phenoxy) is 1. The van der Waals surface area contributed by atoms with Crippen LogP contribution in [0, 0.1) is 6.92 Å². The lowest BCUT2D eigenvalue weighted by molar-refractivity contribution is 0.303. The summed E-state index contributed by atoms with van der Waals surface area (Å²) in [5.41, 5.74) is 4.44. The first-order valence-corrected chi connectivity index (χ1v) is 9.49. The van der Waals surface area contributed by atoms with Crippen LogP contribution in [0.15, 0.2) is 72.8 Å². The highest BCUT2D eigenvalue weighted by Gasteiger charge is 2.12. The summed E-state index contributed by atoms with van der Waals surface area (Å²) >= 11 is 6.04. The van der Waals surface area contributed by atoms with Crippen molar-refractivity contribution < 1.29 is 4.74 Å². The third kappa shape index (κ3) is 3.99. The van der Waals surface area contributed by atoms with Gasteiger partial charge in [-0.1, -0.05) is 41.4 Å². The SMILES string of the molecule is Cc1ccc(OCCCn2c(-c3ccc(Cl)cc3)nc3ccccc32)cc1. The first kappa shape index (κ1) is 17.6. The number of hydrogen-bond donors (Lipinski definition) is 0. The van der Waals surface area contributed by atoms with Gasteiger partial charge in [0.15, 0.2) is 0 Å². The Morgan fingerprint density at radius 2 is 1.67 bits per heavy atom. The van der Waals surface area contributed by atoms with Gasteiger partial charge in [-0.3, -0.25) is 0 Å². The van der Waals surface area contributed by atoms with E-state index in [9.17, 15) is 0 Å². The molecule has 0 aliphatic heterocycles. The Bertz CT molecular complexity index is 1040. The third-order valence-electron chi connectivity index (χ3n) is 4.57. The zero-order valence-corrected chi connectivity index (χ0v) is 16.0. The average Bonchev–Trinajstić information content (AvgIpc) is 3.06. The fourth-order valence-corrected chi connectivity index (χ4v) is 3.29. The van der Waals surface area contributed by atoms with Gasteiger partial charge >= 0.3 is 0 Å². The van der Waals surface area contributed by atoms with Crippen molar-refractivity contribution in [1.29, 1.82) is 0 Å². The molecule has 1 heterocycles. The van der Waals surface area contributed by atoms with Gasteiger partial charge in [-0.05, 0) is 61.9 Å². The molecule has 0 unspecified atom stereocenters. The molecule has 0 saturated heterocycles. The average molecular weight is 377 g/mol. The van der Waals surface area contributed by atoms with Gasteiger partial charge in [0.25, 0.3) is 0 Å². The van der Waals surface area contributed by atoms with E-state index in [1.165, 1.54) is 5.56 Å². The zero-order valence-electron chi connectivity index (χ0n) is 15.2. The van der Waals surface area contributed by atoms with Crippen LogP contribution in [0.2, 0.25) is 5.02 Å². The van der Waals surface area contributed by atoms with Crippen molar-refractivity contribution >= 4 is 22.6 Å². The van der Waals surface area contributed by atoms with E-state index >= 15 is 0 Å². The zero-order chi connectivity index (χ0) is 18.6. The summed E-state index contributed by atoms with van der Waals surface area (Å²) < 4.78 is 8.14. The van der Waals surface area contributed by atoms with Gasteiger partial charge in [-0.15, -0.1) is 0 Å². The largest absolute Gasteiger partial charge is 0.494 e. The number of para-hydroxylation sites is 2. The molecular formula is C23H21ClN2O. The lowest BCUT2D eigenvalue weighted by Gasteiger charge is -2.11. The first-order valence-electron chi connectivity index (χ1n) is 9.11. The van der Waals surface area contributed by atoms with Gasteiger partial charge in [0, 0.05) is 17.1 Å². The number of imidazole rings is 1. The Morgan fingerprint density at radius 1 is 0.926 bits per heavy atom. The molecule has 0 atom stereocenters. The number of aromatic nitrogens is 2. The maximum atomic E-state index is 6.04. The summed E-state index contributed by atoms with van der Waals surface area (Å²) in [5.74, 6) is 1.87. The van der Waals surface area contributed by atoms with Crippen LogP contribution in [0.3, 0.4) is 0 Å². The molecule has 136 valence electrons. The van der Waals surface area contributed by atoms with E-state index in [4.69, 9.17) is 21.3 Å². The lowest BCUT2D eigenvalue weighted by Crippen LogP contribution is -2.06. The van der Waals surface area contributed by atoms with E-state index in [1.54, 1.807) is 0 Å². The van der Waals surface area contributed by atoms with Crippen LogP contribution in [-0.2, 0) is 6.54 Å². The summed E-state index contributed by atoms with van der Waals surface area (Å²) in [4.78, 5) is 4.84. The van der Waals surface area contributed by atoms with E-state index < -0.39 is 0 Å². The van der Waals surface area contributed by atoms with Gasteiger partial charge < -0.3 is 9.30 Å². The minimum Gasteiger partial charge on any atom is -0.494 e. The van der Waals surface area contributed by atoms with E-state index in [0.29, 0.717) is 6.61 Å². The molecule has 4 rings (SSSR count). The Morgan fingerprint density at radius 3 is 2.44 bits per heavy atom. The van der Waals surface area contributed by atoms with Crippen molar-refractivity contribution in [2.24, 2.45) is 0 Å². The summed E-state index contributed by atoms with van der Waals surface area (Å²) in [6, 6.07) is 24.2. The number of nitrogens with zero attached hydrogens (tertiary/aromatic N) is 2. The highest BCUT2D eigenvalue weighted by molar-refractivity contribution is 6.30. The fourth-order valence-electron chi connectivity index (χ4n) is 3.17. The van der Waals surface area contributed by atoms with Gasteiger partial charge in [0.1, 0.15) is 11.6 Å². The van der Waals surface area contributed by atoms with Crippen molar-refractivity contribution in [3.05, 3.63) is 83.4 Å². The monoisotopic (exact) mass is 376 g/mol. The number of benzene rings is 3. The Balaban J connectivity index is 1.53. The summed E-state index contributed by atoms with van der Waals surface area (Å²) in [5, 5.41) is 0.730. The number of halogens is 1. The molecule has 3 nitrogen and oxygen atoms in total. The van der Waals surface area contributed by atoms with Crippen LogP contribution in [0.25, 0.3) is 22.4 Å². The molecule has 0 N–H and O–H groups in total. The molecule has 4 aromatic rings. The third-order valence-corrected chi connectivity index (χ3v) is 4.82. The minimum atomic E-state index is 0.662. The molecule has 0 saturated carbocycles. The van der Waals surface area contributed by atoms with Crippen LogP contribution >= 0.6 is 11.6 Å². The molecule has 0 amide bonds. The lowest BCUT2D eigenvalue weighted by atomic mass is 10.2. The molecule has 0 aliphatic rings. The molecule has 0 bridgehead atoms. The Hall–Kier alpha value is -2.78. The van der Waals surface area contributed by atoms with Crippen LogP contribution in [-0.4, -0.2) is 16.2 Å². The summed E-state index contributed by atoms with van der Waals surface area (Å²) in [7, 11) is 0. The summed E-state index contributed by atoms with van der Waals surface area (Å²) in [6.45, 7) is 3.58. The molecule has 0 fully saturated rings. The highest BCUT2D eigenvalue weighted by Crippen LogP contribution is 2.26. The first-order chi connectivity index (χ1) is 13.2. The Kier molecular flexibility index (Phi) is 5.12. The van der Waals surface area contributed by atoms with Crippen molar-refractivity contribution in [1.82, 2.24) is 9.55 Å². The predicted octanol–water partition coefficient (Wildman–Crippen LogP) is 6.13. The van der Waals surface area contributed by atoms with Gasteiger partial charge in [0.05, 0.1) is 17.6 Å². The molecule has 3 aromatic carbocycles. The summed E-state index contributed by atoms with van der Waals surface area (Å²) in [6.07, 6.45) is 0.898. The molecule has 4 heteroatoms. The number of rotatable bonds is 6. The standard InChI is InChI=1S/C23H21ClN2O/c1-17-7-13-20(14-8-17)27-16-4-15-26-22-6-3-2-5-21(22)25-23(26)18-9-11-19(24)12-10-18/h2-3,5-14H,4,15-16H2,1H3. The van der Waals surface area contributed by atoms with Gasteiger partial charge in [0.2, 0.25) is 0 Å². The van der Waals surface area contributed by atoms with Crippen molar-refractivity contribution in [3.8, 4) is 17.1 Å². The topological polar surface area (TPSA) is 27.1 Å². The maximum Gasteiger partial charge on any atom is 0.141 e. The molecule has 0 aliphatic carbocycles. The quantitative estimate of drug-likeness (QED) is 0.378. The molecule has 27 heavy (non-hydrogen) atoms. The van der Waals surface area contributed by atoms with Crippen LogP contribution in [0.1, 0.15) is 12.0 Å². The van der Waals surface area contributed by atoms with Gasteiger partial charge in [-0.25, -0.2) is 4.98 Å². The van der Waals surface area contributed by atoms with Gasteiger partial charge in [-0.2, -0.15) is 0 Å². The second-order valence-electron chi connectivity index (χ2n) is 6.60. The van der Waals surface area contributed by atoms with E-state index in [0.717, 1.165) is 46.2 Å². The normalized spacial score (nSPS) is 11.0. The minimum absolute atomic E-state index is 0.662. The van der Waals surface area contributed by atoms with Crippen LogP contribution in [0.5, 0.6) is 5.75 Å². The van der Waals surface area contributed by atoms with Crippen LogP contribution < -0.4 is 4.74 Å². The van der Waals surface area contributed by atoms with E-state index in [1.807, 2.05) is 48.5 Å². The number of fused-ring (bicyclic) bond motifs is 1. The van der Waals surface area contributed by atoms with E-state index in [-0.39, 0.29) is 0 Å². The predicted molar refractivity (Wildman–Crippen MR) is 111 cm³/mol. The molecule has 0 radical (unpaired) electrons. The molecular weight excluding hydrogens is 356 g/mol. The van der Waals surface area contributed by atoms with Crippen molar-refractivity contribution in [2.75, 3.05) is 6.61 Å². The number of hydrogen-bond acceptors (Lipinski definition) is 2. The molecule has 0 spiro atoms. The van der Waals surface area contributed by atoms with Crippen molar-refractivity contribution in [2.45, 2.75) is 19.9 Å². The smallest absolute Gasteiger partial charge is 0.141 e. The second-order valence-corrected chi connectivity index (χ2v) is 7.03. The maximum absolute atomic E-state index is 6.04. The second kappa shape index (κ2) is 7.85.